The first kappa shape index (κ1) is 16.7. The van der Waals surface area contributed by atoms with E-state index in [4.69, 9.17) is 5.11 Å². The number of carbonyl (C=O) groups excluding carboxylic acids is 1. The lowest BCUT2D eigenvalue weighted by molar-refractivity contribution is -0.137. The molecule has 4 heteroatoms. The van der Waals surface area contributed by atoms with Crippen molar-refractivity contribution in [2.75, 3.05) is 0 Å². The molecule has 4 nitrogen and oxygen atoms in total. The molecule has 1 amide bonds. The monoisotopic (exact) mass is 311 g/mol. The number of carbonyl (C=O) groups is 2. The maximum Gasteiger partial charge on any atom is 0.305 e. The van der Waals surface area contributed by atoms with Crippen molar-refractivity contribution in [3.8, 4) is 0 Å². The van der Waals surface area contributed by atoms with Crippen LogP contribution in [0.25, 0.3) is 0 Å². The highest BCUT2D eigenvalue weighted by molar-refractivity contribution is 5.78. The fourth-order valence-electron chi connectivity index (χ4n) is 2.54. The van der Waals surface area contributed by atoms with Gasteiger partial charge in [-0.15, -0.1) is 0 Å². The molecule has 0 spiro atoms. The normalized spacial score (nSPS) is 13.1. The zero-order valence-electron chi connectivity index (χ0n) is 13.1. The van der Waals surface area contributed by atoms with Crippen LogP contribution >= 0.6 is 0 Å². The van der Waals surface area contributed by atoms with Crippen LogP contribution in [0.5, 0.6) is 0 Å². The molecule has 2 unspecified atom stereocenters. The highest BCUT2D eigenvalue weighted by atomic mass is 16.4. The molecular formula is C19H21NO3. The molecule has 0 saturated heterocycles. The van der Waals surface area contributed by atoms with Crippen molar-refractivity contribution in [2.45, 2.75) is 31.7 Å². The lowest BCUT2D eigenvalue weighted by Crippen LogP contribution is -2.30. The predicted octanol–water partition coefficient (Wildman–Crippen LogP) is 3.51. The van der Waals surface area contributed by atoms with Gasteiger partial charge in [-0.2, -0.15) is 0 Å². The second-order valence-electron chi connectivity index (χ2n) is 5.64. The summed E-state index contributed by atoms with van der Waals surface area (Å²) in [5, 5.41) is 11.9. The summed E-state index contributed by atoms with van der Waals surface area (Å²) in [5.41, 5.74) is 1.90. The highest BCUT2D eigenvalue weighted by Crippen LogP contribution is 2.21. The molecule has 0 aliphatic rings. The van der Waals surface area contributed by atoms with Crippen LogP contribution in [-0.4, -0.2) is 17.0 Å². The lowest BCUT2D eigenvalue weighted by atomic mass is 9.97. The van der Waals surface area contributed by atoms with Gasteiger partial charge in [-0.05, 0) is 17.0 Å². The minimum Gasteiger partial charge on any atom is -0.481 e. The molecule has 120 valence electrons. The Hall–Kier alpha value is -2.62. The molecule has 0 radical (unpaired) electrons. The minimum absolute atomic E-state index is 0.0810. The average Bonchev–Trinajstić information content (AvgIpc) is 2.55. The van der Waals surface area contributed by atoms with E-state index in [1.165, 1.54) is 0 Å². The third kappa shape index (κ3) is 5.25. The number of benzene rings is 2. The molecule has 2 N–H and O–H groups in total. The topological polar surface area (TPSA) is 66.4 Å². The van der Waals surface area contributed by atoms with E-state index in [2.05, 4.69) is 5.32 Å². The first-order valence-electron chi connectivity index (χ1n) is 7.67. The molecule has 0 heterocycles. The van der Waals surface area contributed by atoms with Crippen molar-refractivity contribution in [3.05, 3.63) is 71.8 Å². The zero-order valence-corrected chi connectivity index (χ0v) is 13.1. The van der Waals surface area contributed by atoms with E-state index in [9.17, 15) is 9.59 Å². The average molecular weight is 311 g/mol. The molecule has 2 aromatic rings. The number of hydrogen-bond donors (Lipinski definition) is 2. The summed E-state index contributed by atoms with van der Waals surface area (Å²) in [5.74, 6) is -0.996. The van der Waals surface area contributed by atoms with Crippen molar-refractivity contribution < 1.29 is 14.7 Å². The van der Waals surface area contributed by atoms with E-state index in [0.717, 1.165) is 11.1 Å². The van der Waals surface area contributed by atoms with Crippen molar-refractivity contribution in [1.29, 1.82) is 0 Å². The summed E-state index contributed by atoms with van der Waals surface area (Å²) in [4.78, 5) is 23.3. The molecule has 0 bridgehead atoms. The Morgan fingerprint density at radius 3 is 1.96 bits per heavy atom. The van der Waals surface area contributed by atoms with Gasteiger partial charge in [-0.3, -0.25) is 9.59 Å². The summed E-state index contributed by atoms with van der Waals surface area (Å²) in [7, 11) is 0. The molecule has 0 aliphatic carbocycles. The molecule has 2 aromatic carbocycles. The summed E-state index contributed by atoms with van der Waals surface area (Å²) >= 11 is 0. The van der Waals surface area contributed by atoms with Gasteiger partial charge in [0.1, 0.15) is 0 Å². The number of aliphatic carboxylic acids is 1. The fourth-order valence-corrected chi connectivity index (χ4v) is 2.54. The van der Waals surface area contributed by atoms with Gasteiger partial charge in [0.15, 0.2) is 0 Å². The van der Waals surface area contributed by atoms with Crippen molar-refractivity contribution in [2.24, 2.45) is 0 Å². The summed E-state index contributed by atoms with van der Waals surface area (Å²) in [6.45, 7) is 1.99. The summed E-state index contributed by atoms with van der Waals surface area (Å²) < 4.78 is 0. The molecule has 0 aliphatic heterocycles. The first-order valence-corrected chi connectivity index (χ1v) is 7.67. The van der Waals surface area contributed by atoms with Crippen LogP contribution in [0.3, 0.4) is 0 Å². The van der Waals surface area contributed by atoms with Crippen molar-refractivity contribution in [1.82, 2.24) is 5.32 Å². The van der Waals surface area contributed by atoms with Crippen LogP contribution in [0, 0.1) is 0 Å². The van der Waals surface area contributed by atoms with E-state index >= 15 is 0 Å². The second kappa shape index (κ2) is 8.13. The maximum absolute atomic E-state index is 12.3. The van der Waals surface area contributed by atoms with Crippen LogP contribution in [-0.2, 0) is 9.59 Å². The molecule has 0 aromatic heterocycles. The Kier molecular flexibility index (Phi) is 5.92. The van der Waals surface area contributed by atoms with Crippen LogP contribution < -0.4 is 5.32 Å². The van der Waals surface area contributed by atoms with Gasteiger partial charge in [0.2, 0.25) is 5.91 Å². The van der Waals surface area contributed by atoms with Gasteiger partial charge < -0.3 is 10.4 Å². The molecular weight excluding hydrogens is 290 g/mol. The number of carboxylic acid groups (broad SMARTS) is 1. The van der Waals surface area contributed by atoms with E-state index in [-0.39, 0.29) is 18.2 Å². The Morgan fingerprint density at radius 1 is 0.913 bits per heavy atom. The van der Waals surface area contributed by atoms with Crippen LogP contribution in [0.15, 0.2) is 60.7 Å². The Morgan fingerprint density at radius 2 is 1.43 bits per heavy atom. The Balaban J connectivity index is 2.01. The Bertz CT molecular complexity index is 640. The molecule has 0 saturated carbocycles. The molecule has 2 rings (SSSR count). The van der Waals surface area contributed by atoms with Gasteiger partial charge in [0.25, 0.3) is 0 Å². The zero-order chi connectivity index (χ0) is 16.7. The lowest BCUT2D eigenvalue weighted by Gasteiger charge is -2.19. The van der Waals surface area contributed by atoms with E-state index in [1.807, 2.05) is 67.6 Å². The standard InChI is InChI=1S/C19H21NO3/c1-14(15-8-4-2-5-9-15)12-18(21)20-17(13-19(22)23)16-10-6-3-7-11-16/h2-11,14,17H,12-13H2,1H3,(H,20,21)(H,22,23). The summed E-state index contributed by atoms with van der Waals surface area (Å²) in [6.07, 6.45) is 0.197. The number of carboxylic acids is 1. The van der Waals surface area contributed by atoms with Crippen LogP contribution in [0.2, 0.25) is 0 Å². The highest BCUT2D eigenvalue weighted by Gasteiger charge is 2.19. The SMILES string of the molecule is CC(CC(=O)NC(CC(=O)O)c1ccccc1)c1ccccc1. The summed E-state index contributed by atoms with van der Waals surface area (Å²) in [6, 6.07) is 18.5. The number of amides is 1. The van der Waals surface area contributed by atoms with Gasteiger partial charge in [-0.25, -0.2) is 0 Å². The quantitative estimate of drug-likeness (QED) is 0.822. The van der Waals surface area contributed by atoms with Crippen molar-refractivity contribution in [3.63, 3.8) is 0 Å². The number of rotatable bonds is 7. The fraction of sp³-hybridized carbons (Fsp3) is 0.263. The smallest absolute Gasteiger partial charge is 0.305 e. The largest absolute Gasteiger partial charge is 0.481 e. The minimum atomic E-state index is -0.935. The van der Waals surface area contributed by atoms with Crippen LogP contribution in [0.4, 0.5) is 0 Å². The van der Waals surface area contributed by atoms with E-state index in [0.29, 0.717) is 6.42 Å². The van der Waals surface area contributed by atoms with Crippen LogP contribution in [0.1, 0.15) is 42.9 Å². The van der Waals surface area contributed by atoms with Gasteiger partial charge in [0, 0.05) is 6.42 Å². The third-order valence-corrected chi connectivity index (χ3v) is 3.78. The molecule has 2 atom stereocenters. The molecule has 0 fully saturated rings. The number of hydrogen-bond acceptors (Lipinski definition) is 2. The second-order valence-corrected chi connectivity index (χ2v) is 5.64. The third-order valence-electron chi connectivity index (χ3n) is 3.78. The predicted molar refractivity (Wildman–Crippen MR) is 89.1 cm³/mol. The van der Waals surface area contributed by atoms with Crippen molar-refractivity contribution >= 4 is 11.9 Å². The van der Waals surface area contributed by atoms with E-state index < -0.39 is 12.0 Å². The van der Waals surface area contributed by atoms with Gasteiger partial charge in [0.05, 0.1) is 12.5 Å². The van der Waals surface area contributed by atoms with E-state index in [1.54, 1.807) is 0 Å². The Labute approximate surface area is 136 Å². The maximum atomic E-state index is 12.3. The molecule has 23 heavy (non-hydrogen) atoms. The van der Waals surface area contributed by atoms with Gasteiger partial charge >= 0.3 is 5.97 Å². The van der Waals surface area contributed by atoms with Gasteiger partial charge in [-0.1, -0.05) is 67.6 Å². The first-order chi connectivity index (χ1) is 11.1. The number of nitrogens with one attached hydrogen (secondary N) is 1.